The number of ether oxygens (including phenoxy) is 1. The number of carbonyl (C=O) groups excluding carboxylic acids is 1. The van der Waals surface area contributed by atoms with Crippen molar-refractivity contribution in [2.75, 3.05) is 7.11 Å². The van der Waals surface area contributed by atoms with Gasteiger partial charge in [0.2, 0.25) is 0 Å². The molecule has 0 saturated heterocycles. The Morgan fingerprint density at radius 1 is 1.03 bits per heavy atom. The van der Waals surface area contributed by atoms with E-state index >= 15 is 0 Å². The van der Waals surface area contributed by atoms with E-state index in [1.54, 1.807) is 0 Å². The van der Waals surface area contributed by atoms with Gasteiger partial charge in [-0.2, -0.15) is 0 Å². The number of unbranched alkanes of at least 4 members (excludes halogenated alkanes) is 1. The number of fused-ring (bicyclic) bond motifs is 1. The summed E-state index contributed by atoms with van der Waals surface area (Å²) < 4.78 is 8.75. The Hall–Kier alpha value is -2.88. The molecule has 32 heavy (non-hydrogen) atoms. The number of benzene rings is 2. The second-order valence-electron chi connectivity index (χ2n) is 7.82. The van der Waals surface area contributed by atoms with E-state index in [9.17, 15) is 4.79 Å². The second kappa shape index (κ2) is 10.6. The monoisotopic (exact) mass is 492 g/mol. The first-order chi connectivity index (χ1) is 15.7. The maximum absolute atomic E-state index is 12.4. The molecule has 2 heterocycles. The summed E-state index contributed by atoms with van der Waals surface area (Å²) in [5.41, 5.74) is 4.91. The van der Waals surface area contributed by atoms with Crippen LogP contribution in [0.2, 0.25) is 4.82 Å². The number of nitrogens with zero attached hydrogens (tertiary/aromatic N) is 2. The Kier molecular flexibility index (Phi) is 7.41. The zero-order valence-electron chi connectivity index (χ0n) is 18.5. The van der Waals surface area contributed by atoms with Crippen molar-refractivity contribution in [3.8, 4) is 11.3 Å². The molecule has 0 aliphatic carbocycles. The number of hydrogen-bond acceptors (Lipinski definition) is 3. The molecule has 0 saturated carbocycles. The van der Waals surface area contributed by atoms with Gasteiger partial charge in [0, 0.05) is 0 Å². The Bertz CT molecular complexity index is 1170. The van der Waals surface area contributed by atoms with Crippen LogP contribution in [0.4, 0.5) is 0 Å². The number of hydrogen-bond donors (Lipinski definition) is 0. The summed E-state index contributed by atoms with van der Waals surface area (Å²) in [5, 5.41) is 1.28. The van der Waals surface area contributed by atoms with Gasteiger partial charge in [-0.15, -0.1) is 0 Å². The third kappa shape index (κ3) is 4.95. The molecule has 1 unspecified atom stereocenters. The first-order valence-corrected chi connectivity index (χ1v) is 12.8. The molecule has 2 aromatic heterocycles. The van der Waals surface area contributed by atoms with E-state index < -0.39 is 0 Å². The summed E-state index contributed by atoms with van der Waals surface area (Å²) in [4.78, 5) is 16.7. The SMILES string of the molecule is COC(=O)C(CCCCn1c(-c2cccnc2)c(C)c2ccccc21)[Se]c1ccccc1. The van der Waals surface area contributed by atoms with Crippen LogP contribution in [0.15, 0.2) is 79.1 Å². The van der Waals surface area contributed by atoms with Gasteiger partial charge in [-0.25, -0.2) is 0 Å². The number of aromatic nitrogens is 2. The molecule has 4 rings (SSSR count). The van der Waals surface area contributed by atoms with E-state index in [1.165, 1.54) is 33.7 Å². The van der Waals surface area contributed by atoms with Gasteiger partial charge in [-0.3, -0.25) is 0 Å². The van der Waals surface area contributed by atoms with E-state index in [0.29, 0.717) is 0 Å². The molecule has 0 spiro atoms. The summed E-state index contributed by atoms with van der Waals surface area (Å²) in [6, 6.07) is 23.0. The summed E-state index contributed by atoms with van der Waals surface area (Å²) in [6.45, 7) is 3.10. The molecule has 1 atom stereocenters. The molecule has 4 aromatic rings. The van der Waals surface area contributed by atoms with Crippen molar-refractivity contribution in [1.82, 2.24) is 9.55 Å². The van der Waals surface area contributed by atoms with Gasteiger partial charge < -0.3 is 0 Å². The summed E-state index contributed by atoms with van der Waals surface area (Å²) in [5.74, 6) is -0.0906. The number of carbonyl (C=O) groups is 1. The molecule has 0 bridgehead atoms. The van der Waals surface area contributed by atoms with Crippen molar-refractivity contribution in [3.63, 3.8) is 0 Å². The van der Waals surface area contributed by atoms with Gasteiger partial charge in [0.05, 0.1) is 0 Å². The Labute approximate surface area is 195 Å². The molecular formula is C27H28N2O2Se. The molecule has 0 radical (unpaired) electrons. The fourth-order valence-corrected chi connectivity index (χ4v) is 6.55. The average molecular weight is 491 g/mol. The van der Waals surface area contributed by atoms with Crippen molar-refractivity contribution in [1.29, 1.82) is 0 Å². The quantitative estimate of drug-likeness (QED) is 0.184. The maximum atomic E-state index is 12.4. The van der Waals surface area contributed by atoms with Crippen LogP contribution in [-0.2, 0) is 16.1 Å². The zero-order valence-corrected chi connectivity index (χ0v) is 20.2. The Morgan fingerprint density at radius 3 is 2.56 bits per heavy atom. The summed E-state index contributed by atoms with van der Waals surface area (Å²) in [6.07, 6.45) is 6.58. The van der Waals surface area contributed by atoms with E-state index in [0.717, 1.165) is 31.4 Å². The molecule has 0 fully saturated rings. The van der Waals surface area contributed by atoms with Crippen molar-refractivity contribution < 1.29 is 9.53 Å². The van der Waals surface area contributed by atoms with Gasteiger partial charge in [0.1, 0.15) is 0 Å². The fraction of sp³-hybridized carbons (Fsp3) is 0.259. The first-order valence-electron chi connectivity index (χ1n) is 11.0. The van der Waals surface area contributed by atoms with Crippen LogP contribution in [0.5, 0.6) is 0 Å². The van der Waals surface area contributed by atoms with Crippen LogP contribution in [0.1, 0.15) is 24.8 Å². The third-order valence-corrected chi connectivity index (χ3v) is 8.38. The normalized spacial score (nSPS) is 12.1. The molecular weight excluding hydrogens is 463 g/mol. The van der Waals surface area contributed by atoms with E-state index in [1.807, 2.05) is 36.7 Å². The van der Waals surface area contributed by atoms with Gasteiger partial charge in [-0.05, 0) is 0 Å². The number of para-hydroxylation sites is 1. The van der Waals surface area contributed by atoms with Gasteiger partial charge in [0.15, 0.2) is 0 Å². The second-order valence-corrected chi connectivity index (χ2v) is 10.5. The van der Waals surface area contributed by atoms with Crippen LogP contribution in [-0.4, -0.2) is 37.6 Å². The molecule has 4 nitrogen and oxygen atoms in total. The molecule has 0 aliphatic rings. The molecule has 2 aromatic carbocycles. The number of pyridine rings is 1. The molecule has 5 heteroatoms. The first kappa shape index (κ1) is 22.3. The standard InChI is InChI=1S/C27H28N2O2Se/c1-20-23-14-6-7-15-24(23)29(26(20)21-11-10-17-28-19-21)18-9-8-16-25(27(30)31-2)32-22-12-4-3-5-13-22/h3-7,10-15,17,19,25H,8-9,16,18H2,1-2H3. The van der Waals surface area contributed by atoms with Crippen molar-refractivity contribution in [2.24, 2.45) is 0 Å². The average Bonchev–Trinajstić information content (AvgIpc) is 3.13. The van der Waals surface area contributed by atoms with Crippen LogP contribution >= 0.6 is 0 Å². The molecule has 164 valence electrons. The van der Waals surface area contributed by atoms with Crippen LogP contribution in [0.3, 0.4) is 0 Å². The number of rotatable bonds is 9. The van der Waals surface area contributed by atoms with Crippen LogP contribution in [0.25, 0.3) is 22.2 Å². The molecule has 0 N–H and O–H groups in total. The fourth-order valence-electron chi connectivity index (χ4n) is 4.20. The summed E-state index contributed by atoms with van der Waals surface area (Å²) in [7, 11) is 1.49. The minimum atomic E-state index is -0.0906. The van der Waals surface area contributed by atoms with Crippen molar-refractivity contribution in [2.45, 2.75) is 37.5 Å². The number of methoxy groups -OCH3 is 1. The van der Waals surface area contributed by atoms with E-state index in [2.05, 4.69) is 58.9 Å². The van der Waals surface area contributed by atoms with Crippen molar-refractivity contribution in [3.05, 3.63) is 84.7 Å². The summed E-state index contributed by atoms with van der Waals surface area (Å²) >= 11 is 0.0754. The van der Waals surface area contributed by atoms with Crippen LogP contribution in [0, 0.1) is 6.92 Å². The zero-order chi connectivity index (χ0) is 22.3. The molecule has 0 amide bonds. The van der Waals surface area contributed by atoms with Gasteiger partial charge >= 0.3 is 196 Å². The Balaban J connectivity index is 1.50. The predicted molar refractivity (Wildman–Crippen MR) is 131 cm³/mol. The topological polar surface area (TPSA) is 44.1 Å². The number of aryl methyl sites for hydroxylation is 2. The van der Waals surface area contributed by atoms with Crippen LogP contribution < -0.4 is 4.46 Å². The predicted octanol–water partition coefficient (Wildman–Crippen LogP) is 5.17. The third-order valence-electron chi connectivity index (χ3n) is 5.74. The van der Waals surface area contributed by atoms with Gasteiger partial charge in [0.25, 0.3) is 0 Å². The molecule has 0 aliphatic heterocycles. The van der Waals surface area contributed by atoms with E-state index in [4.69, 9.17) is 4.74 Å². The Morgan fingerprint density at radius 2 is 1.81 bits per heavy atom. The van der Waals surface area contributed by atoms with Gasteiger partial charge in [-0.1, -0.05) is 0 Å². The number of esters is 1. The van der Waals surface area contributed by atoms with Crippen molar-refractivity contribution >= 4 is 36.3 Å². The van der Waals surface area contributed by atoms with E-state index in [-0.39, 0.29) is 25.7 Å². The minimum absolute atomic E-state index is 0.0455.